The number of hydrogen-bond acceptors (Lipinski definition) is 7. The summed E-state index contributed by atoms with van der Waals surface area (Å²) in [5, 5.41) is -0.344. The molecule has 2 heterocycles. The highest BCUT2D eigenvalue weighted by atomic mass is 32.2. The normalized spacial score (nSPS) is 11.5. The molecule has 0 aliphatic rings. The lowest BCUT2D eigenvalue weighted by Crippen LogP contribution is -2.17. The van der Waals surface area contributed by atoms with Crippen molar-refractivity contribution in [2.45, 2.75) is 37.9 Å². The van der Waals surface area contributed by atoms with E-state index >= 15 is 0 Å². The van der Waals surface area contributed by atoms with Crippen LogP contribution in [0.25, 0.3) is 0 Å². The zero-order chi connectivity index (χ0) is 22.6. The monoisotopic (exact) mass is 448 g/mol. The van der Waals surface area contributed by atoms with Gasteiger partial charge in [0.05, 0.1) is 5.69 Å². The average Bonchev–Trinajstić information content (AvgIpc) is 3.06. The second-order valence-corrected chi connectivity index (χ2v) is 8.38. The van der Waals surface area contributed by atoms with Crippen LogP contribution in [0.4, 0.5) is 9.18 Å². The third-order valence-electron chi connectivity index (χ3n) is 4.27. The molecule has 2 aromatic heterocycles. The zero-order valence-electron chi connectivity index (χ0n) is 16.9. The lowest BCUT2D eigenvalue weighted by atomic mass is 10.1. The number of primary amides is 1. The predicted molar refractivity (Wildman–Crippen MR) is 108 cm³/mol. The molecular formula is C20H21FN4O5S. The molecule has 0 bridgehead atoms. The number of carbonyl (C=O) groups excluding carboxylic acids is 1. The van der Waals surface area contributed by atoms with Gasteiger partial charge in [0.15, 0.2) is 6.61 Å². The van der Waals surface area contributed by atoms with Gasteiger partial charge in [0.1, 0.15) is 17.4 Å². The molecule has 0 fully saturated rings. The number of nitrogens with two attached hydrogens (primary N) is 1. The molecule has 9 nitrogen and oxygen atoms in total. The molecule has 1 amide bonds. The quantitative estimate of drug-likeness (QED) is 0.525. The van der Waals surface area contributed by atoms with Crippen molar-refractivity contribution in [3.05, 3.63) is 71.7 Å². The van der Waals surface area contributed by atoms with Crippen molar-refractivity contribution in [2.75, 3.05) is 0 Å². The largest absolute Gasteiger partial charge is 0.442 e. The molecule has 11 heteroatoms. The molecule has 0 atom stereocenters. The number of ether oxygens (including phenoxy) is 1. The van der Waals surface area contributed by atoms with Gasteiger partial charge in [0.2, 0.25) is 5.03 Å². The number of benzene rings is 1. The summed E-state index contributed by atoms with van der Waals surface area (Å²) in [6, 6.07) is 8.30. The van der Waals surface area contributed by atoms with Crippen LogP contribution in [-0.4, -0.2) is 29.0 Å². The van der Waals surface area contributed by atoms with Gasteiger partial charge in [-0.15, -0.1) is 0 Å². The lowest BCUT2D eigenvalue weighted by Gasteiger charge is -2.15. The summed E-state index contributed by atoms with van der Waals surface area (Å²) in [7, 11) is -4.42. The highest BCUT2D eigenvalue weighted by molar-refractivity contribution is 7.87. The zero-order valence-corrected chi connectivity index (χ0v) is 17.7. The maximum absolute atomic E-state index is 13.5. The van der Waals surface area contributed by atoms with Crippen molar-refractivity contribution in [1.29, 1.82) is 0 Å². The van der Waals surface area contributed by atoms with E-state index in [0.717, 1.165) is 11.6 Å². The van der Waals surface area contributed by atoms with E-state index in [0.29, 0.717) is 5.69 Å². The molecule has 3 aromatic rings. The minimum Gasteiger partial charge on any atom is -0.442 e. The number of aromatic nitrogens is 3. The Balaban J connectivity index is 2.10. The molecule has 0 spiro atoms. The van der Waals surface area contributed by atoms with E-state index < -0.39 is 22.0 Å². The number of carbonyl (C=O) groups is 1. The van der Waals surface area contributed by atoms with E-state index in [2.05, 4.69) is 9.97 Å². The third-order valence-corrected chi connectivity index (χ3v) is 5.46. The molecule has 2 N–H and O–H groups in total. The Hall–Kier alpha value is -3.47. The van der Waals surface area contributed by atoms with Crippen molar-refractivity contribution in [1.82, 2.24) is 14.5 Å². The first-order chi connectivity index (χ1) is 14.7. The van der Waals surface area contributed by atoms with Gasteiger partial charge in [-0.3, -0.25) is 4.98 Å². The number of nitrogens with zero attached hydrogens (tertiary/aromatic N) is 3. The van der Waals surface area contributed by atoms with Gasteiger partial charge in [-0.25, -0.2) is 14.2 Å². The number of halogens is 1. The summed E-state index contributed by atoms with van der Waals surface area (Å²) in [4.78, 5) is 19.3. The van der Waals surface area contributed by atoms with Gasteiger partial charge in [0, 0.05) is 25.0 Å². The first kappa shape index (κ1) is 22.2. The Bertz CT molecular complexity index is 1180. The van der Waals surface area contributed by atoms with Crippen LogP contribution in [-0.2, 0) is 28.0 Å². The summed E-state index contributed by atoms with van der Waals surface area (Å²) < 4.78 is 51.1. The molecular weight excluding hydrogens is 427 g/mol. The second-order valence-electron chi connectivity index (χ2n) is 6.92. The molecule has 31 heavy (non-hydrogen) atoms. The smallest absolute Gasteiger partial charge is 0.404 e. The SMILES string of the molecule is CC(C)c1c(S(=O)(=O)Oc2cccc(F)c2)nc(COC(N)=O)n1Cc1ccncc1. The molecule has 164 valence electrons. The van der Waals surface area contributed by atoms with Crippen molar-refractivity contribution in [3.63, 3.8) is 0 Å². The van der Waals surface area contributed by atoms with Gasteiger partial charge in [-0.05, 0) is 35.7 Å². The molecule has 3 rings (SSSR count). The van der Waals surface area contributed by atoms with Gasteiger partial charge < -0.3 is 19.2 Å². The third kappa shape index (κ3) is 5.37. The van der Waals surface area contributed by atoms with Gasteiger partial charge in [-0.1, -0.05) is 19.9 Å². The fraction of sp³-hybridized carbons (Fsp3) is 0.250. The average molecular weight is 448 g/mol. The van der Waals surface area contributed by atoms with E-state index in [1.165, 1.54) is 18.2 Å². The van der Waals surface area contributed by atoms with Crippen LogP contribution < -0.4 is 9.92 Å². The fourth-order valence-corrected chi connectivity index (χ4v) is 4.27. The number of amides is 1. The summed E-state index contributed by atoms with van der Waals surface area (Å²) in [5.41, 5.74) is 6.23. The Morgan fingerprint density at radius 3 is 2.55 bits per heavy atom. The highest BCUT2D eigenvalue weighted by Crippen LogP contribution is 2.29. The Labute approximate surface area is 178 Å². The topological polar surface area (TPSA) is 126 Å². The van der Waals surface area contributed by atoms with Crippen molar-refractivity contribution in [2.24, 2.45) is 5.73 Å². The lowest BCUT2D eigenvalue weighted by molar-refractivity contribution is 0.146. The van der Waals surface area contributed by atoms with Gasteiger partial charge >= 0.3 is 16.2 Å². The maximum atomic E-state index is 13.5. The van der Waals surface area contributed by atoms with Crippen LogP contribution in [0.2, 0.25) is 0 Å². The highest BCUT2D eigenvalue weighted by Gasteiger charge is 2.31. The van der Waals surface area contributed by atoms with E-state index in [4.69, 9.17) is 14.7 Å². The van der Waals surface area contributed by atoms with Crippen LogP contribution in [0.15, 0.2) is 53.8 Å². The molecule has 0 aliphatic carbocycles. The fourth-order valence-electron chi connectivity index (χ4n) is 3.01. The molecule has 0 saturated carbocycles. The first-order valence-corrected chi connectivity index (χ1v) is 10.7. The molecule has 1 aromatic carbocycles. The summed E-state index contributed by atoms with van der Waals surface area (Å²) in [6.45, 7) is 3.49. The van der Waals surface area contributed by atoms with Gasteiger partial charge in [0.25, 0.3) is 0 Å². The Morgan fingerprint density at radius 1 is 1.23 bits per heavy atom. The van der Waals surface area contributed by atoms with Crippen LogP contribution in [0.1, 0.15) is 36.8 Å². The van der Waals surface area contributed by atoms with Crippen LogP contribution in [0.5, 0.6) is 5.75 Å². The maximum Gasteiger partial charge on any atom is 0.404 e. The van der Waals surface area contributed by atoms with E-state index in [1.807, 2.05) is 0 Å². The molecule has 0 aliphatic heterocycles. The van der Waals surface area contributed by atoms with Crippen LogP contribution in [0.3, 0.4) is 0 Å². The minimum absolute atomic E-state index is 0.167. The van der Waals surface area contributed by atoms with Crippen molar-refractivity contribution >= 4 is 16.2 Å². The van der Waals surface area contributed by atoms with Crippen molar-refractivity contribution in [3.8, 4) is 5.75 Å². The number of rotatable bonds is 8. The minimum atomic E-state index is -4.42. The standard InChI is InChI=1S/C20H21FN4O5S/c1-13(2)18-19(31(27,28)30-16-5-3-4-15(21)10-16)24-17(12-29-20(22)26)25(18)11-14-6-8-23-9-7-14/h3-10,13H,11-12H2,1-2H3,(H2,22,26). The van der Waals surface area contributed by atoms with Crippen LogP contribution >= 0.6 is 0 Å². The van der Waals surface area contributed by atoms with E-state index in [9.17, 15) is 17.6 Å². The molecule has 0 radical (unpaired) electrons. The van der Waals surface area contributed by atoms with Gasteiger partial charge in [-0.2, -0.15) is 8.42 Å². The second kappa shape index (κ2) is 9.13. The molecule has 0 saturated heterocycles. The number of pyridine rings is 1. The summed E-state index contributed by atoms with van der Waals surface area (Å²) in [5.74, 6) is -0.956. The predicted octanol–water partition coefficient (Wildman–Crippen LogP) is 2.95. The van der Waals surface area contributed by atoms with E-state index in [-0.39, 0.29) is 35.7 Å². The Morgan fingerprint density at radius 2 is 1.94 bits per heavy atom. The van der Waals surface area contributed by atoms with Crippen molar-refractivity contribution < 1.29 is 26.5 Å². The van der Waals surface area contributed by atoms with Crippen LogP contribution in [0, 0.1) is 5.82 Å². The molecule has 0 unspecified atom stereocenters. The first-order valence-electron chi connectivity index (χ1n) is 9.28. The summed E-state index contributed by atoms with van der Waals surface area (Å²) in [6.07, 6.45) is 2.18. The Kier molecular flexibility index (Phi) is 6.54. The summed E-state index contributed by atoms with van der Waals surface area (Å²) >= 11 is 0. The number of hydrogen-bond donors (Lipinski definition) is 1. The van der Waals surface area contributed by atoms with E-state index in [1.54, 1.807) is 42.9 Å². The number of imidazole rings is 1.